The van der Waals surface area contributed by atoms with Gasteiger partial charge in [0, 0.05) is 17.5 Å². The molecule has 0 fully saturated rings. The van der Waals surface area contributed by atoms with Gasteiger partial charge in [0.2, 0.25) is 0 Å². The highest BCUT2D eigenvalue weighted by Gasteiger charge is 2.27. The van der Waals surface area contributed by atoms with Crippen molar-refractivity contribution >= 4 is 27.0 Å². The number of nitrogens with zero attached hydrogens (tertiary/aromatic N) is 2. The molecule has 0 aliphatic carbocycles. The van der Waals surface area contributed by atoms with E-state index in [1.807, 2.05) is 45.9 Å². The van der Waals surface area contributed by atoms with Crippen LogP contribution in [0.3, 0.4) is 0 Å². The number of anilines is 1. The van der Waals surface area contributed by atoms with Crippen LogP contribution in [0.5, 0.6) is 0 Å². The number of rotatable bonds is 4. The lowest BCUT2D eigenvalue weighted by Gasteiger charge is -2.19. The smallest absolute Gasteiger partial charge is 0.265 e. The number of benzene rings is 1. The van der Waals surface area contributed by atoms with Crippen molar-refractivity contribution < 1.29 is 12.9 Å². The van der Waals surface area contributed by atoms with E-state index in [1.54, 1.807) is 19.2 Å². The van der Waals surface area contributed by atoms with E-state index < -0.39 is 10.0 Å². The molecule has 3 rings (SSSR count). The molecule has 3 aromatic rings. The molecule has 2 heterocycles. The molecule has 0 atom stereocenters. The largest absolute Gasteiger partial charge is 0.355 e. The first-order valence-electron chi connectivity index (χ1n) is 7.81. The zero-order valence-electron chi connectivity index (χ0n) is 14.8. The van der Waals surface area contributed by atoms with E-state index in [9.17, 15) is 8.42 Å². The van der Waals surface area contributed by atoms with Crippen LogP contribution in [0, 0.1) is 27.7 Å². The Bertz CT molecular complexity index is 1030. The molecular formula is C18H20N2O3S2. The molecule has 0 N–H and O–H groups in total. The monoisotopic (exact) mass is 376 g/mol. The fraction of sp³-hybridized carbons (Fsp3) is 0.278. The normalized spacial score (nSPS) is 11.7. The zero-order valence-corrected chi connectivity index (χ0v) is 16.5. The summed E-state index contributed by atoms with van der Waals surface area (Å²) in [6, 6.07) is 9.10. The summed E-state index contributed by atoms with van der Waals surface area (Å²) in [6.07, 6.45) is 0. The molecule has 7 heteroatoms. The van der Waals surface area contributed by atoms with Crippen LogP contribution in [0.4, 0.5) is 5.69 Å². The van der Waals surface area contributed by atoms with E-state index in [0.717, 1.165) is 26.6 Å². The number of thiophene rings is 1. The molecular weight excluding hydrogens is 356 g/mol. The Hall–Kier alpha value is -2.12. The molecule has 0 bridgehead atoms. The molecule has 0 spiro atoms. The Morgan fingerprint density at radius 3 is 2.44 bits per heavy atom. The minimum Gasteiger partial charge on any atom is -0.355 e. The van der Waals surface area contributed by atoms with Crippen LogP contribution < -0.4 is 4.31 Å². The van der Waals surface area contributed by atoms with Crippen molar-refractivity contribution in [2.24, 2.45) is 0 Å². The van der Waals surface area contributed by atoms with Crippen LogP contribution in [-0.2, 0) is 10.0 Å². The van der Waals surface area contributed by atoms with Gasteiger partial charge >= 0.3 is 0 Å². The second-order valence-corrected chi connectivity index (χ2v) is 9.26. The molecule has 0 amide bonds. The third kappa shape index (κ3) is 3.09. The Morgan fingerprint density at radius 1 is 1.12 bits per heavy atom. The first-order chi connectivity index (χ1) is 11.7. The van der Waals surface area contributed by atoms with Gasteiger partial charge in [0.05, 0.1) is 16.3 Å². The first kappa shape index (κ1) is 17.7. The van der Waals surface area contributed by atoms with Crippen LogP contribution in [0.25, 0.3) is 10.6 Å². The molecule has 0 aliphatic heterocycles. The lowest BCUT2D eigenvalue weighted by molar-refractivity contribution is 0.427. The summed E-state index contributed by atoms with van der Waals surface area (Å²) < 4.78 is 32.9. The molecule has 5 nitrogen and oxygen atoms in total. The van der Waals surface area contributed by atoms with Gasteiger partial charge in [0.15, 0.2) is 5.76 Å². The summed E-state index contributed by atoms with van der Waals surface area (Å²) in [5, 5.41) is 3.96. The number of sulfonamides is 1. The maximum absolute atomic E-state index is 13.1. The lowest BCUT2D eigenvalue weighted by atomic mass is 10.2. The van der Waals surface area contributed by atoms with E-state index in [-0.39, 0.29) is 0 Å². The van der Waals surface area contributed by atoms with Gasteiger partial charge in [-0.2, -0.15) is 0 Å². The third-order valence-corrected chi connectivity index (χ3v) is 7.35. The predicted molar refractivity (Wildman–Crippen MR) is 101 cm³/mol. The molecule has 2 aromatic heterocycles. The second kappa shape index (κ2) is 6.31. The minimum absolute atomic E-state index is 0.296. The van der Waals surface area contributed by atoms with E-state index in [1.165, 1.54) is 15.6 Å². The van der Waals surface area contributed by atoms with Crippen LogP contribution in [0.1, 0.15) is 21.7 Å². The number of hydrogen-bond donors (Lipinski definition) is 0. The first-order valence-corrected chi connectivity index (χ1v) is 10.1. The van der Waals surface area contributed by atoms with Crippen LogP contribution in [-0.4, -0.2) is 20.6 Å². The van der Waals surface area contributed by atoms with Gasteiger partial charge in [-0.15, -0.1) is 11.3 Å². The van der Waals surface area contributed by atoms with Gasteiger partial charge in [-0.05, 0) is 51.5 Å². The highest BCUT2D eigenvalue weighted by molar-refractivity contribution is 7.93. The summed E-state index contributed by atoms with van der Waals surface area (Å²) in [5.41, 5.74) is 3.38. The maximum Gasteiger partial charge on any atom is 0.265 e. The number of aryl methyl sites for hydroxylation is 3. The van der Waals surface area contributed by atoms with Crippen molar-refractivity contribution in [3.05, 3.63) is 52.0 Å². The predicted octanol–water partition coefficient (Wildman–Crippen LogP) is 4.46. The van der Waals surface area contributed by atoms with Crippen molar-refractivity contribution in [3.63, 3.8) is 0 Å². The highest BCUT2D eigenvalue weighted by atomic mass is 32.2. The molecule has 0 aliphatic rings. The van der Waals surface area contributed by atoms with Gasteiger partial charge in [0.1, 0.15) is 4.90 Å². The zero-order chi connectivity index (χ0) is 18.4. The Balaban J connectivity index is 2.05. The van der Waals surface area contributed by atoms with Crippen molar-refractivity contribution in [3.8, 4) is 10.6 Å². The van der Waals surface area contributed by atoms with Gasteiger partial charge in [0.25, 0.3) is 10.0 Å². The third-order valence-electron chi connectivity index (χ3n) is 4.26. The maximum atomic E-state index is 13.1. The van der Waals surface area contributed by atoms with Crippen molar-refractivity contribution in [1.29, 1.82) is 0 Å². The quantitative estimate of drug-likeness (QED) is 0.674. The average molecular weight is 377 g/mol. The topological polar surface area (TPSA) is 63.4 Å². The highest BCUT2D eigenvalue weighted by Crippen LogP contribution is 2.37. The summed E-state index contributed by atoms with van der Waals surface area (Å²) in [5.74, 6) is 0.630. The fourth-order valence-electron chi connectivity index (χ4n) is 2.59. The number of aromatic nitrogens is 1. The van der Waals surface area contributed by atoms with Crippen LogP contribution in [0.15, 0.2) is 39.8 Å². The molecule has 0 saturated carbocycles. The summed E-state index contributed by atoms with van der Waals surface area (Å²) in [6.45, 7) is 7.53. The molecule has 1 aromatic carbocycles. The standard InChI is InChI=1S/C18H20N2O3S2/c1-11-7-6-8-15(9-11)20(5)25(21,22)17-10-16(24-14(17)4)18-12(2)13(3)19-23-18/h6-10H,1-5H3. The Morgan fingerprint density at radius 2 is 1.84 bits per heavy atom. The van der Waals surface area contributed by atoms with Crippen LogP contribution in [0.2, 0.25) is 0 Å². The Labute approximate surface area is 151 Å². The van der Waals surface area contributed by atoms with Crippen molar-refractivity contribution in [2.75, 3.05) is 11.4 Å². The SMILES string of the molecule is Cc1cccc(N(C)S(=O)(=O)c2cc(-c3onc(C)c3C)sc2C)c1. The van der Waals surface area contributed by atoms with E-state index in [4.69, 9.17) is 4.52 Å². The Kier molecular flexibility index (Phi) is 4.47. The molecule has 0 radical (unpaired) electrons. The lowest BCUT2D eigenvalue weighted by Crippen LogP contribution is -2.26. The molecule has 25 heavy (non-hydrogen) atoms. The van der Waals surface area contributed by atoms with E-state index >= 15 is 0 Å². The average Bonchev–Trinajstić information content (AvgIpc) is 3.10. The van der Waals surface area contributed by atoms with Gasteiger partial charge in [-0.3, -0.25) is 4.31 Å². The van der Waals surface area contributed by atoms with Crippen LogP contribution >= 0.6 is 11.3 Å². The molecule has 0 unspecified atom stereocenters. The van der Waals surface area contributed by atoms with Crippen molar-refractivity contribution in [2.45, 2.75) is 32.6 Å². The van der Waals surface area contributed by atoms with E-state index in [2.05, 4.69) is 5.16 Å². The van der Waals surface area contributed by atoms with Gasteiger partial charge in [-0.25, -0.2) is 8.42 Å². The number of hydrogen-bond acceptors (Lipinski definition) is 5. The molecule has 0 saturated heterocycles. The minimum atomic E-state index is -3.65. The van der Waals surface area contributed by atoms with Crippen molar-refractivity contribution in [1.82, 2.24) is 5.16 Å². The second-order valence-electron chi connectivity index (χ2n) is 6.06. The van der Waals surface area contributed by atoms with E-state index in [0.29, 0.717) is 16.3 Å². The van der Waals surface area contributed by atoms with Gasteiger partial charge < -0.3 is 4.52 Å². The summed E-state index contributed by atoms with van der Waals surface area (Å²) in [4.78, 5) is 1.79. The summed E-state index contributed by atoms with van der Waals surface area (Å²) in [7, 11) is -2.08. The summed E-state index contributed by atoms with van der Waals surface area (Å²) >= 11 is 1.40. The molecule has 132 valence electrons. The fourth-order valence-corrected chi connectivity index (χ4v) is 5.37. The van der Waals surface area contributed by atoms with Gasteiger partial charge in [-0.1, -0.05) is 17.3 Å².